The van der Waals surface area contributed by atoms with Gasteiger partial charge in [0.2, 0.25) is 0 Å². The molecular weight excluding hydrogens is 221 g/mol. The maximum absolute atomic E-state index is 13.3. The highest BCUT2D eigenvalue weighted by molar-refractivity contribution is 5.77. The number of anilines is 1. The lowest BCUT2D eigenvalue weighted by Gasteiger charge is -2.15. The summed E-state index contributed by atoms with van der Waals surface area (Å²) >= 11 is 0. The number of carbonyl (C=O) groups is 1. The lowest BCUT2D eigenvalue weighted by atomic mass is 10.1. The molecule has 3 nitrogen and oxygen atoms in total. The van der Waals surface area contributed by atoms with E-state index in [-0.39, 0.29) is 5.69 Å². The van der Waals surface area contributed by atoms with Gasteiger partial charge in [-0.25, -0.2) is 9.18 Å². The van der Waals surface area contributed by atoms with Crippen molar-refractivity contribution >= 4 is 11.7 Å². The average Bonchev–Trinajstić information content (AvgIpc) is 2.30. The minimum Gasteiger partial charge on any atom is -0.480 e. The highest BCUT2D eigenvalue weighted by Gasteiger charge is 2.17. The van der Waals surface area contributed by atoms with E-state index in [0.29, 0.717) is 6.42 Å². The van der Waals surface area contributed by atoms with Crippen molar-refractivity contribution in [1.29, 1.82) is 0 Å². The summed E-state index contributed by atoms with van der Waals surface area (Å²) in [6.07, 6.45) is 3.36. The normalized spacial score (nSPS) is 12.1. The SMILES string of the molecule is CCCCCC(Nc1ccccc1F)C(=O)O. The van der Waals surface area contributed by atoms with Crippen molar-refractivity contribution in [2.24, 2.45) is 0 Å². The zero-order valence-electron chi connectivity index (χ0n) is 9.95. The third-order valence-electron chi connectivity index (χ3n) is 2.60. The van der Waals surface area contributed by atoms with E-state index in [0.717, 1.165) is 19.3 Å². The van der Waals surface area contributed by atoms with Crippen LogP contribution in [0.5, 0.6) is 0 Å². The molecule has 0 aromatic heterocycles. The van der Waals surface area contributed by atoms with Gasteiger partial charge in [-0.2, -0.15) is 0 Å². The molecule has 94 valence electrons. The van der Waals surface area contributed by atoms with Gasteiger partial charge in [0.1, 0.15) is 11.9 Å². The van der Waals surface area contributed by atoms with Crippen molar-refractivity contribution in [3.05, 3.63) is 30.1 Å². The second-order valence-electron chi connectivity index (χ2n) is 4.01. The molecule has 0 radical (unpaired) electrons. The van der Waals surface area contributed by atoms with Crippen LogP contribution in [0.2, 0.25) is 0 Å². The number of unbranched alkanes of at least 4 members (excludes halogenated alkanes) is 2. The molecule has 1 rings (SSSR count). The van der Waals surface area contributed by atoms with Crippen LogP contribution in [0.15, 0.2) is 24.3 Å². The monoisotopic (exact) mass is 239 g/mol. The number of hydrogen-bond acceptors (Lipinski definition) is 2. The molecule has 0 fully saturated rings. The number of rotatable bonds is 7. The molecule has 1 unspecified atom stereocenters. The van der Waals surface area contributed by atoms with E-state index in [1.807, 2.05) is 0 Å². The molecule has 0 aliphatic carbocycles. The summed E-state index contributed by atoms with van der Waals surface area (Å²) in [4.78, 5) is 11.0. The number of carboxylic acid groups (broad SMARTS) is 1. The molecule has 0 saturated heterocycles. The van der Waals surface area contributed by atoms with Gasteiger partial charge in [0.15, 0.2) is 0 Å². The van der Waals surface area contributed by atoms with E-state index in [1.165, 1.54) is 6.07 Å². The maximum Gasteiger partial charge on any atom is 0.326 e. The van der Waals surface area contributed by atoms with Crippen molar-refractivity contribution in [2.75, 3.05) is 5.32 Å². The Hall–Kier alpha value is -1.58. The summed E-state index contributed by atoms with van der Waals surface area (Å²) in [5, 5.41) is 11.8. The van der Waals surface area contributed by atoms with Crippen LogP contribution in [0, 0.1) is 5.82 Å². The van der Waals surface area contributed by atoms with E-state index in [1.54, 1.807) is 18.2 Å². The fourth-order valence-electron chi connectivity index (χ4n) is 1.62. The summed E-state index contributed by atoms with van der Waals surface area (Å²) in [5.74, 6) is -1.36. The summed E-state index contributed by atoms with van der Waals surface area (Å²) in [5.41, 5.74) is 0.247. The largest absolute Gasteiger partial charge is 0.480 e. The summed E-state index contributed by atoms with van der Waals surface area (Å²) < 4.78 is 13.3. The summed E-state index contributed by atoms with van der Waals surface area (Å²) in [6, 6.07) is 5.39. The highest BCUT2D eigenvalue weighted by Crippen LogP contribution is 2.16. The number of nitrogens with one attached hydrogen (secondary N) is 1. The molecule has 0 spiro atoms. The van der Waals surface area contributed by atoms with Gasteiger partial charge in [0, 0.05) is 0 Å². The summed E-state index contributed by atoms with van der Waals surface area (Å²) in [6.45, 7) is 2.06. The van der Waals surface area contributed by atoms with E-state index >= 15 is 0 Å². The summed E-state index contributed by atoms with van der Waals surface area (Å²) in [7, 11) is 0. The molecule has 2 N–H and O–H groups in total. The Kier molecular flexibility index (Phi) is 5.46. The third kappa shape index (κ3) is 4.43. The minimum atomic E-state index is -0.940. The average molecular weight is 239 g/mol. The van der Waals surface area contributed by atoms with E-state index < -0.39 is 17.8 Å². The molecule has 0 aliphatic rings. The van der Waals surface area contributed by atoms with Crippen molar-refractivity contribution in [3.63, 3.8) is 0 Å². The number of hydrogen-bond donors (Lipinski definition) is 2. The van der Waals surface area contributed by atoms with Gasteiger partial charge in [-0.15, -0.1) is 0 Å². The van der Waals surface area contributed by atoms with Gasteiger partial charge in [0.25, 0.3) is 0 Å². The van der Waals surface area contributed by atoms with Crippen LogP contribution >= 0.6 is 0 Å². The molecule has 0 amide bonds. The molecular formula is C13H18FNO2. The molecule has 1 aromatic carbocycles. The van der Waals surface area contributed by atoms with Crippen molar-refractivity contribution < 1.29 is 14.3 Å². The lowest BCUT2D eigenvalue weighted by Crippen LogP contribution is -2.29. The highest BCUT2D eigenvalue weighted by atomic mass is 19.1. The van der Waals surface area contributed by atoms with Crippen molar-refractivity contribution in [1.82, 2.24) is 0 Å². The smallest absolute Gasteiger partial charge is 0.326 e. The topological polar surface area (TPSA) is 49.3 Å². The third-order valence-corrected chi connectivity index (χ3v) is 2.60. The van der Waals surface area contributed by atoms with Crippen LogP contribution < -0.4 is 5.32 Å². The van der Waals surface area contributed by atoms with Gasteiger partial charge in [-0.1, -0.05) is 38.3 Å². The molecule has 17 heavy (non-hydrogen) atoms. The number of halogens is 1. The Morgan fingerprint density at radius 2 is 2.12 bits per heavy atom. The molecule has 0 aliphatic heterocycles. The Balaban J connectivity index is 2.61. The molecule has 0 heterocycles. The predicted molar refractivity (Wildman–Crippen MR) is 65.6 cm³/mol. The second-order valence-corrected chi connectivity index (χ2v) is 4.01. The first-order chi connectivity index (χ1) is 8.15. The van der Waals surface area contributed by atoms with Gasteiger partial charge in [0.05, 0.1) is 5.69 Å². The Bertz CT molecular complexity index is 368. The zero-order chi connectivity index (χ0) is 12.7. The van der Waals surface area contributed by atoms with E-state index in [4.69, 9.17) is 5.11 Å². The first-order valence-electron chi connectivity index (χ1n) is 5.89. The van der Waals surface area contributed by atoms with Crippen LogP contribution in [0.25, 0.3) is 0 Å². The molecule has 0 bridgehead atoms. The molecule has 4 heteroatoms. The second kappa shape index (κ2) is 6.89. The van der Waals surface area contributed by atoms with Crippen molar-refractivity contribution in [3.8, 4) is 0 Å². The van der Waals surface area contributed by atoms with Gasteiger partial charge in [-0.05, 0) is 18.6 Å². The van der Waals surface area contributed by atoms with Gasteiger partial charge >= 0.3 is 5.97 Å². The van der Waals surface area contributed by atoms with E-state index in [9.17, 15) is 9.18 Å². The number of aliphatic carboxylic acids is 1. The van der Waals surface area contributed by atoms with Crippen LogP contribution in [-0.4, -0.2) is 17.1 Å². The van der Waals surface area contributed by atoms with Gasteiger partial charge < -0.3 is 10.4 Å². The van der Waals surface area contributed by atoms with Crippen LogP contribution in [0.4, 0.5) is 10.1 Å². The molecule has 0 saturated carbocycles. The van der Waals surface area contributed by atoms with Crippen molar-refractivity contribution in [2.45, 2.75) is 38.6 Å². The maximum atomic E-state index is 13.3. The number of benzene rings is 1. The molecule has 1 atom stereocenters. The van der Waals surface area contributed by atoms with Crippen LogP contribution in [0.3, 0.4) is 0 Å². The molecule has 1 aromatic rings. The van der Waals surface area contributed by atoms with E-state index in [2.05, 4.69) is 12.2 Å². The zero-order valence-corrected chi connectivity index (χ0v) is 9.95. The quantitative estimate of drug-likeness (QED) is 0.718. The fraction of sp³-hybridized carbons (Fsp3) is 0.462. The fourth-order valence-corrected chi connectivity index (χ4v) is 1.62. The number of para-hydroxylation sites is 1. The first-order valence-corrected chi connectivity index (χ1v) is 5.89. The van der Waals surface area contributed by atoms with Crippen LogP contribution in [-0.2, 0) is 4.79 Å². The van der Waals surface area contributed by atoms with Crippen LogP contribution in [0.1, 0.15) is 32.6 Å². The minimum absolute atomic E-state index is 0.247. The Labute approximate surface area is 101 Å². The Morgan fingerprint density at radius 3 is 2.71 bits per heavy atom. The van der Waals surface area contributed by atoms with Gasteiger partial charge in [-0.3, -0.25) is 0 Å². The standard InChI is InChI=1S/C13H18FNO2/c1-2-3-4-9-12(13(16)17)15-11-8-6-5-7-10(11)14/h5-8,12,15H,2-4,9H2,1H3,(H,16,17). The predicted octanol–water partition coefficient (Wildman–Crippen LogP) is 3.27. The lowest BCUT2D eigenvalue weighted by molar-refractivity contribution is -0.138. The number of carboxylic acids is 1. The Morgan fingerprint density at radius 1 is 1.41 bits per heavy atom. The first kappa shape index (κ1) is 13.5.